The Labute approximate surface area is 84.2 Å². The summed E-state index contributed by atoms with van der Waals surface area (Å²) >= 11 is 0. The molecule has 0 fully saturated rings. The second-order valence-corrected chi connectivity index (χ2v) is 4.12. The number of benzene rings is 1. The summed E-state index contributed by atoms with van der Waals surface area (Å²) in [5, 5.41) is 8.81. The number of nitriles is 1. The van der Waals surface area contributed by atoms with Crippen molar-refractivity contribution in [1.82, 2.24) is 0 Å². The van der Waals surface area contributed by atoms with Crippen LogP contribution in [0.2, 0.25) is 0 Å². The molecular weight excluding hydrogens is 177 g/mol. The van der Waals surface area contributed by atoms with Crippen LogP contribution in [0.15, 0.2) is 24.3 Å². The number of aryl methyl sites for hydroxylation is 1. The Morgan fingerprint density at radius 3 is 2.36 bits per heavy atom. The largest absolute Gasteiger partial charge is 0.207 e. The van der Waals surface area contributed by atoms with Crippen LogP contribution in [0.3, 0.4) is 0 Å². The highest BCUT2D eigenvalue weighted by Gasteiger charge is 2.15. The molecule has 0 heterocycles. The molecule has 0 radical (unpaired) electrons. The van der Waals surface area contributed by atoms with Crippen molar-refractivity contribution < 1.29 is 4.39 Å². The molecule has 0 unspecified atom stereocenters. The average molecular weight is 191 g/mol. The SMILES string of the molecule is CC(C)(C#N)CCc1ccc(F)cc1. The maximum absolute atomic E-state index is 12.6. The van der Waals surface area contributed by atoms with Crippen LogP contribution in [0.4, 0.5) is 4.39 Å². The maximum Gasteiger partial charge on any atom is 0.123 e. The fourth-order valence-corrected chi connectivity index (χ4v) is 1.16. The predicted molar refractivity (Wildman–Crippen MR) is 54.1 cm³/mol. The highest BCUT2D eigenvalue weighted by Crippen LogP contribution is 2.21. The molecule has 0 saturated heterocycles. The van der Waals surface area contributed by atoms with E-state index in [1.807, 2.05) is 13.8 Å². The number of nitrogens with zero attached hydrogens (tertiary/aromatic N) is 1. The average Bonchev–Trinajstić information content (AvgIpc) is 2.17. The van der Waals surface area contributed by atoms with Crippen LogP contribution in [0, 0.1) is 22.6 Å². The summed E-state index contributed by atoms with van der Waals surface area (Å²) in [5.74, 6) is -0.215. The molecule has 0 spiro atoms. The van der Waals surface area contributed by atoms with Crippen LogP contribution in [0.1, 0.15) is 25.8 Å². The lowest BCUT2D eigenvalue weighted by atomic mass is 9.88. The molecule has 0 aliphatic heterocycles. The van der Waals surface area contributed by atoms with Gasteiger partial charge in [-0.05, 0) is 44.4 Å². The van der Waals surface area contributed by atoms with Gasteiger partial charge in [0.2, 0.25) is 0 Å². The minimum atomic E-state index is -0.297. The fraction of sp³-hybridized carbons (Fsp3) is 0.417. The molecule has 1 aromatic carbocycles. The first-order chi connectivity index (χ1) is 6.53. The Balaban J connectivity index is 2.55. The topological polar surface area (TPSA) is 23.8 Å². The van der Waals surface area contributed by atoms with E-state index in [9.17, 15) is 4.39 Å². The Bertz CT molecular complexity index is 332. The van der Waals surface area contributed by atoms with Gasteiger partial charge in [0.05, 0.1) is 11.5 Å². The molecular formula is C12H14FN. The monoisotopic (exact) mass is 191 g/mol. The first-order valence-corrected chi connectivity index (χ1v) is 4.69. The molecule has 2 heteroatoms. The van der Waals surface area contributed by atoms with Gasteiger partial charge >= 0.3 is 0 Å². The number of hydrogen-bond acceptors (Lipinski definition) is 1. The summed E-state index contributed by atoms with van der Waals surface area (Å²) in [6.45, 7) is 3.83. The van der Waals surface area contributed by atoms with Crippen LogP contribution in [-0.2, 0) is 6.42 Å². The lowest BCUT2D eigenvalue weighted by Crippen LogP contribution is -2.08. The maximum atomic E-state index is 12.6. The molecule has 1 aromatic rings. The zero-order chi connectivity index (χ0) is 10.6. The first-order valence-electron chi connectivity index (χ1n) is 4.69. The van der Waals surface area contributed by atoms with Crippen molar-refractivity contribution in [2.45, 2.75) is 26.7 Å². The summed E-state index contributed by atoms with van der Waals surface area (Å²) in [7, 11) is 0. The van der Waals surface area contributed by atoms with E-state index in [4.69, 9.17) is 5.26 Å². The fourth-order valence-electron chi connectivity index (χ4n) is 1.16. The van der Waals surface area contributed by atoms with Gasteiger partial charge in [-0.3, -0.25) is 0 Å². The summed E-state index contributed by atoms with van der Waals surface area (Å²) in [4.78, 5) is 0. The second kappa shape index (κ2) is 4.23. The van der Waals surface area contributed by atoms with Crippen molar-refractivity contribution in [2.75, 3.05) is 0 Å². The summed E-state index contributed by atoms with van der Waals surface area (Å²) in [6, 6.07) is 8.69. The van der Waals surface area contributed by atoms with Crippen molar-refractivity contribution in [1.29, 1.82) is 5.26 Å². The van der Waals surface area contributed by atoms with Crippen LogP contribution in [0.5, 0.6) is 0 Å². The molecule has 1 nitrogen and oxygen atoms in total. The molecule has 74 valence electrons. The van der Waals surface area contributed by atoms with E-state index >= 15 is 0 Å². The van der Waals surface area contributed by atoms with E-state index in [0.29, 0.717) is 0 Å². The zero-order valence-electron chi connectivity index (χ0n) is 8.55. The minimum absolute atomic E-state index is 0.215. The normalized spacial score (nSPS) is 11.0. The summed E-state index contributed by atoms with van der Waals surface area (Å²) in [5.41, 5.74) is 0.781. The lowest BCUT2D eigenvalue weighted by molar-refractivity contribution is 0.452. The highest BCUT2D eigenvalue weighted by molar-refractivity contribution is 5.16. The van der Waals surface area contributed by atoms with Crippen LogP contribution >= 0.6 is 0 Å². The first kappa shape index (κ1) is 10.7. The van der Waals surface area contributed by atoms with Crippen molar-refractivity contribution in [3.63, 3.8) is 0 Å². The lowest BCUT2D eigenvalue weighted by Gasteiger charge is -2.14. The smallest absolute Gasteiger partial charge is 0.123 e. The minimum Gasteiger partial charge on any atom is -0.207 e. The van der Waals surface area contributed by atoms with Crippen molar-refractivity contribution in [3.05, 3.63) is 35.6 Å². The van der Waals surface area contributed by atoms with Crippen LogP contribution < -0.4 is 0 Å². The van der Waals surface area contributed by atoms with Gasteiger partial charge < -0.3 is 0 Å². The van der Waals surface area contributed by atoms with E-state index in [0.717, 1.165) is 18.4 Å². The van der Waals surface area contributed by atoms with Gasteiger partial charge in [0, 0.05) is 0 Å². The van der Waals surface area contributed by atoms with Crippen molar-refractivity contribution in [3.8, 4) is 6.07 Å². The Morgan fingerprint density at radius 1 is 1.29 bits per heavy atom. The van der Waals surface area contributed by atoms with E-state index in [1.54, 1.807) is 12.1 Å². The van der Waals surface area contributed by atoms with Crippen LogP contribution in [-0.4, -0.2) is 0 Å². The summed E-state index contributed by atoms with van der Waals surface area (Å²) in [6.07, 6.45) is 1.62. The number of halogens is 1. The van der Waals surface area contributed by atoms with Crippen molar-refractivity contribution in [2.24, 2.45) is 5.41 Å². The van der Waals surface area contributed by atoms with Gasteiger partial charge in [0.15, 0.2) is 0 Å². The molecule has 0 saturated carbocycles. The molecule has 1 rings (SSSR count). The third kappa shape index (κ3) is 3.18. The Kier molecular flexibility index (Phi) is 3.24. The zero-order valence-corrected chi connectivity index (χ0v) is 8.55. The third-order valence-corrected chi connectivity index (χ3v) is 2.25. The summed E-state index contributed by atoms with van der Waals surface area (Å²) < 4.78 is 12.6. The van der Waals surface area contributed by atoms with Gasteiger partial charge in [0.25, 0.3) is 0 Å². The molecule has 0 amide bonds. The highest BCUT2D eigenvalue weighted by atomic mass is 19.1. The van der Waals surface area contributed by atoms with Gasteiger partial charge in [-0.2, -0.15) is 5.26 Å². The number of rotatable bonds is 3. The molecule has 0 N–H and O–H groups in total. The second-order valence-electron chi connectivity index (χ2n) is 4.12. The Morgan fingerprint density at radius 2 is 1.86 bits per heavy atom. The molecule has 0 bridgehead atoms. The molecule has 0 atom stereocenters. The van der Waals surface area contributed by atoms with Crippen molar-refractivity contribution >= 4 is 0 Å². The van der Waals surface area contributed by atoms with E-state index in [2.05, 4.69) is 6.07 Å². The molecule has 0 aliphatic rings. The predicted octanol–water partition coefficient (Wildman–Crippen LogP) is 3.31. The number of hydrogen-bond donors (Lipinski definition) is 0. The van der Waals surface area contributed by atoms with Gasteiger partial charge in [-0.25, -0.2) is 4.39 Å². The van der Waals surface area contributed by atoms with Crippen LogP contribution in [0.25, 0.3) is 0 Å². The Hall–Kier alpha value is -1.36. The van der Waals surface area contributed by atoms with E-state index in [1.165, 1.54) is 12.1 Å². The third-order valence-electron chi connectivity index (χ3n) is 2.25. The van der Waals surface area contributed by atoms with Gasteiger partial charge in [-0.15, -0.1) is 0 Å². The van der Waals surface area contributed by atoms with Gasteiger partial charge in [0.1, 0.15) is 5.82 Å². The molecule has 14 heavy (non-hydrogen) atoms. The van der Waals surface area contributed by atoms with E-state index in [-0.39, 0.29) is 11.2 Å². The van der Waals surface area contributed by atoms with E-state index < -0.39 is 0 Å². The quantitative estimate of drug-likeness (QED) is 0.719. The standard InChI is InChI=1S/C12H14FN/c1-12(2,9-14)8-7-10-3-5-11(13)6-4-10/h3-6H,7-8H2,1-2H3. The molecule has 0 aliphatic carbocycles. The molecule has 0 aromatic heterocycles. The van der Waals surface area contributed by atoms with Gasteiger partial charge in [-0.1, -0.05) is 12.1 Å².